The first kappa shape index (κ1) is 24.2. The third-order valence-corrected chi connectivity index (χ3v) is 7.28. The highest BCUT2D eigenvalue weighted by atomic mass is 16.5. The summed E-state index contributed by atoms with van der Waals surface area (Å²) in [5.41, 5.74) is 9.88. The van der Waals surface area contributed by atoms with Gasteiger partial charge in [-0.3, -0.25) is 9.59 Å². The lowest BCUT2D eigenvalue weighted by atomic mass is 9.89. The summed E-state index contributed by atoms with van der Waals surface area (Å²) in [6.45, 7) is 9.98. The lowest BCUT2D eigenvalue weighted by molar-refractivity contribution is -0.146. The van der Waals surface area contributed by atoms with Crippen molar-refractivity contribution in [1.82, 2.24) is 19.4 Å². The largest absolute Gasteiger partial charge is 0.383 e. The number of anilines is 2. The molecule has 3 aromatic rings. The summed E-state index contributed by atoms with van der Waals surface area (Å²) in [6, 6.07) is 7.78. The summed E-state index contributed by atoms with van der Waals surface area (Å²) < 4.78 is 8.15. The molecule has 2 amide bonds. The molecule has 4 heterocycles. The summed E-state index contributed by atoms with van der Waals surface area (Å²) >= 11 is 0. The van der Waals surface area contributed by atoms with E-state index >= 15 is 0 Å². The maximum absolute atomic E-state index is 13.4. The quantitative estimate of drug-likeness (QED) is 0.539. The number of nitrogens with one attached hydrogen (secondary N) is 1. The zero-order valence-corrected chi connectivity index (χ0v) is 21.4. The Hall–Kier alpha value is -3.46. The van der Waals surface area contributed by atoms with Crippen LogP contribution in [0.1, 0.15) is 63.5 Å². The van der Waals surface area contributed by atoms with E-state index in [9.17, 15) is 9.59 Å². The van der Waals surface area contributed by atoms with Gasteiger partial charge in [0.25, 0.3) is 0 Å². The van der Waals surface area contributed by atoms with Crippen LogP contribution < -0.4 is 11.1 Å². The highest BCUT2D eigenvalue weighted by Crippen LogP contribution is 2.36. The fraction of sp³-hybridized carbons (Fsp3) is 0.481. The molecule has 0 radical (unpaired) electrons. The average molecular weight is 491 g/mol. The second-order valence-electron chi connectivity index (χ2n) is 10.6. The van der Waals surface area contributed by atoms with Crippen LogP contribution in [0.25, 0.3) is 11.0 Å². The molecule has 2 aliphatic heterocycles. The number of rotatable bonds is 3. The van der Waals surface area contributed by atoms with Crippen molar-refractivity contribution in [2.75, 3.05) is 17.6 Å². The summed E-state index contributed by atoms with van der Waals surface area (Å²) in [5.74, 6) is 0.445. The number of ether oxygens (including phenoxy) is 1. The first-order valence-corrected chi connectivity index (χ1v) is 12.6. The Morgan fingerprint density at radius 1 is 1.25 bits per heavy atom. The van der Waals surface area contributed by atoms with Crippen LogP contribution in [0.3, 0.4) is 0 Å². The molecule has 5 rings (SSSR count). The molecule has 1 aromatic carbocycles. The van der Waals surface area contributed by atoms with E-state index in [0.29, 0.717) is 37.0 Å². The molecule has 2 atom stereocenters. The number of piperidine rings is 1. The molecule has 9 nitrogen and oxygen atoms in total. The normalized spacial score (nSPS) is 21.3. The van der Waals surface area contributed by atoms with Gasteiger partial charge in [0.1, 0.15) is 18.2 Å². The number of nitrogen functional groups attached to an aromatic ring is 1. The number of pyridine rings is 1. The number of hydrogen-bond donors (Lipinski definition) is 2. The molecule has 1 fully saturated rings. The highest BCUT2D eigenvalue weighted by Gasteiger charge is 2.35. The summed E-state index contributed by atoms with van der Waals surface area (Å²) in [5, 5.41) is 2.72. The smallest absolute Gasteiger partial charge is 0.313 e. The van der Waals surface area contributed by atoms with E-state index in [0.717, 1.165) is 47.4 Å². The molecule has 190 valence electrons. The van der Waals surface area contributed by atoms with Gasteiger partial charge in [0.2, 0.25) is 0 Å². The first-order valence-electron chi connectivity index (χ1n) is 12.6. The number of imidazole rings is 1. The van der Waals surface area contributed by atoms with Gasteiger partial charge in [0.05, 0.1) is 41.1 Å². The van der Waals surface area contributed by atoms with Crippen molar-refractivity contribution in [3.8, 4) is 0 Å². The second-order valence-corrected chi connectivity index (χ2v) is 10.6. The van der Waals surface area contributed by atoms with Gasteiger partial charge in [0, 0.05) is 6.54 Å². The predicted octanol–water partition coefficient (Wildman–Crippen LogP) is 3.82. The average Bonchev–Trinajstić information content (AvgIpc) is 3.20. The number of likely N-dealkylation sites (tertiary alicyclic amines) is 1. The molecule has 3 N–H and O–H groups in total. The molecular weight excluding hydrogens is 456 g/mol. The van der Waals surface area contributed by atoms with Crippen LogP contribution in [-0.2, 0) is 33.9 Å². The van der Waals surface area contributed by atoms with Crippen molar-refractivity contribution in [3.05, 3.63) is 47.4 Å². The number of carbonyl (C=O) groups excluding carboxylic acids is 2. The number of hydrogen-bond acceptors (Lipinski definition) is 6. The van der Waals surface area contributed by atoms with E-state index < -0.39 is 11.8 Å². The molecular formula is C27H34N6O3. The number of aryl methyl sites for hydroxylation is 1. The van der Waals surface area contributed by atoms with Crippen molar-refractivity contribution in [1.29, 1.82) is 0 Å². The summed E-state index contributed by atoms with van der Waals surface area (Å²) in [4.78, 5) is 37.0. The number of nitrogens with two attached hydrogens (primary N) is 1. The molecule has 0 spiro atoms. The van der Waals surface area contributed by atoms with Gasteiger partial charge in [-0.25, -0.2) is 9.97 Å². The fourth-order valence-electron chi connectivity index (χ4n) is 5.29. The standard InChI is InChI=1S/C27H34N6O3/c1-5-17-10-19(12-29-24(17)28)30-25(34)26(35)32-13-16(2)6-8-21(32)18-7-9-22-20(11-18)31-23-14-36-27(3,4)15-33(22)23/h7,9-12,16,21H,5-6,8,13-15H2,1-4H3,(H2,28,29)(H,30,34)/t16-,21+/m0/s1. The minimum Gasteiger partial charge on any atom is -0.383 e. The van der Waals surface area contributed by atoms with Gasteiger partial charge in [-0.1, -0.05) is 19.9 Å². The third kappa shape index (κ3) is 4.55. The lowest BCUT2D eigenvalue weighted by Crippen LogP contribution is -2.46. The maximum Gasteiger partial charge on any atom is 0.313 e. The molecule has 0 aliphatic carbocycles. The minimum atomic E-state index is -0.666. The number of carbonyl (C=O) groups is 2. The fourth-order valence-corrected chi connectivity index (χ4v) is 5.29. The van der Waals surface area contributed by atoms with Crippen molar-refractivity contribution in [3.63, 3.8) is 0 Å². The van der Waals surface area contributed by atoms with Crippen LogP contribution in [0.2, 0.25) is 0 Å². The van der Waals surface area contributed by atoms with Crippen LogP contribution in [0.5, 0.6) is 0 Å². The van der Waals surface area contributed by atoms with Crippen molar-refractivity contribution in [2.45, 2.75) is 71.8 Å². The minimum absolute atomic E-state index is 0.189. The number of aromatic nitrogens is 3. The van der Waals surface area contributed by atoms with Crippen LogP contribution in [0, 0.1) is 5.92 Å². The van der Waals surface area contributed by atoms with E-state index in [-0.39, 0.29) is 11.6 Å². The van der Waals surface area contributed by atoms with E-state index in [1.807, 2.05) is 6.92 Å². The molecule has 36 heavy (non-hydrogen) atoms. The summed E-state index contributed by atoms with van der Waals surface area (Å²) in [7, 11) is 0. The van der Waals surface area contributed by atoms with Crippen molar-refractivity contribution < 1.29 is 14.3 Å². The topological polar surface area (TPSA) is 115 Å². The Morgan fingerprint density at radius 3 is 2.83 bits per heavy atom. The second kappa shape index (κ2) is 9.20. The first-order chi connectivity index (χ1) is 17.1. The molecule has 1 saturated heterocycles. The van der Waals surface area contributed by atoms with Gasteiger partial charge in [0.15, 0.2) is 0 Å². The Kier molecular flexibility index (Phi) is 6.20. The third-order valence-electron chi connectivity index (χ3n) is 7.28. The lowest BCUT2D eigenvalue weighted by Gasteiger charge is -2.38. The number of nitrogens with zero attached hydrogens (tertiary/aromatic N) is 4. The van der Waals surface area contributed by atoms with Crippen LogP contribution in [-0.4, -0.2) is 43.4 Å². The van der Waals surface area contributed by atoms with E-state index in [4.69, 9.17) is 15.5 Å². The van der Waals surface area contributed by atoms with E-state index in [1.165, 1.54) is 6.20 Å². The van der Waals surface area contributed by atoms with E-state index in [1.54, 1.807) is 11.0 Å². The molecule has 0 bridgehead atoms. The van der Waals surface area contributed by atoms with Crippen LogP contribution in [0.15, 0.2) is 30.5 Å². The molecule has 2 aromatic heterocycles. The van der Waals surface area contributed by atoms with Crippen LogP contribution in [0.4, 0.5) is 11.5 Å². The monoisotopic (exact) mass is 490 g/mol. The van der Waals surface area contributed by atoms with Gasteiger partial charge in [-0.05, 0) is 68.4 Å². The van der Waals surface area contributed by atoms with Gasteiger partial charge in [-0.2, -0.15) is 0 Å². The number of benzene rings is 1. The molecule has 2 aliphatic rings. The zero-order chi connectivity index (χ0) is 25.6. The highest BCUT2D eigenvalue weighted by molar-refractivity contribution is 6.39. The van der Waals surface area contributed by atoms with E-state index in [2.05, 4.69) is 53.8 Å². The SMILES string of the molecule is CCc1cc(NC(=O)C(=O)N2C[C@@H](C)CC[C@@H]2c2ccc3c(c2)nc2n3CC(C)(C)OC2)cnc1N. The molecule has 9 heteroatoms. The van der Waals surface area contributed by atoms with Crippen molar-refractivity contribution in [2.24, 2.45) is 5.92 Å². The number of fused-ring (bicyclic) bond motifs is 3. The van der Waals surface area contributed by atoms with Gasteiger partial charge in [-0.15, -0.1) is 0 Å². The zero-order valence-electron chi connectivity index (χ0n) is 21.4. The molecule has 0 saturated carbocycles. The van der Waals surface area contributed by atoms with Gasteiger partial charge >= 0.3 is 11.8 Å². The predicted molar refractivity (Wildman–Crippen MR) is 138 cm³/mol. The van der Waals surface area contributed by atoms with Gasteiger partial charge < -0.3 is 25.3 Å². The number of amides is 2. The summed E-state index contributed by atoms with van der Waals surface area (Å²) in [6.07, 6.45) is 3.94. The Labute approximate surface area is 211 Å². The van der Waals surface area contributed by atoms with Crippen LogP contribution >= 0.6 is 0 Å². The Balaban J connectivity index is 1.40. The molecule has 0 unspecified atom stereocenters. The van der Waals surface area contributed by atoms with Crippen molar-refractivity contribution >= 4 is 34.4 Å². The Bertz CT molecular complexity index is 1330. The maximum atomic E-state index is 13.4. The Morgan fingerprint density at radius 2 is 2.06 bits per heavy atom.